The molecule has 3 nitrogen and oxygen atoms in total. The van der Waals surface area contributed by atoms with Gasteiger partial charge in [-0.1, -0.05) is 77.8 Å². The van der Waals surface area contributed by atoms with E-state index in [1.54, 1.807) is 72.8 Å². The second kappa shape index (κ2) is 8.07. The first-order valence-corrected chi connectivity index (χ1v) is 10.5. The Morgan fingerprint density at radius 1 is 0.889 bits per heavy atom. The summed E-state index contributed by atoms with van der Waals surface area (Å²) in [5, 5.41) is -0.722. The maximum Gasteiger partial charge on any atom is 0.185 e. The topological polar surface area (TPSA) is 51.2 Å². The molecule has 0 unspecified atom stereocenters. The number of Topliss-reactive ketones (excluding diaryl/α,β-unsaturated/α-hetero) is 1. The summed E-state index contributed by atoms with van der Waals surface area (Å²) in [6, 6.07) is 22.1. The molecule has 1 atom stereocenters. The van der Waals surface area contributed by atoms with Crippen molar-refractivity contribution in [2.75, 3.05) is 0 Å². The Morgan fingerprint density at radius 3 is 2.11 bits per heavy atom. The predicted molar refractivity (Wildman–Crippen MR) is 108 cm³/mol. The van der Waals surface area contributed by atoms with Gasteiger partial charge in [-0.25, -0.2) is 8.42 Å². The van der Waals surface area contributed by atoms with E-state index in [1.165, 1.54) is 0 Å². The van der Waals surface area contributed by atoms with Crippen molar-refractivity contribution >= 4 is 27.2 Å². The van der Waals surface area contributed by atoms with E-state index in [2.05, 4.69) is 0 Å². The number of carbonyl (C=O) groups is 1. The van der Waals surface area contributed by atoms with Crippen LogP contribution in [0.15, 0.2) is 83.8 Å². The number of hydrogen-bond acceptors (Lipinski definition) is 3. The van der Waals surface area contributed by atoms with Gasteiger partial charge in [-0.3, -0.25) is 4.79 Å². The summed E-state index contributed by atoms with van der Waals surface area (Å²) in [5.74, 6) is -0.240. The molecule has 0 heterocycles. The first kappa shape index (κ1) is 19.3. The molecule has 0 N–H and O–H groups in total. The average Bonchev–Trinajstić information content (AvgIpc) is 2.67. The van der Waals surface area contributed by atoms with Crippen molar-refractivity contribution in [2.24, 2.45) is 0 Å². The highest BCUT2D eigenvalue weighted by molar-refractivity contribution is 7.91. The number of hydrogen-bond donors (Lipinski definition) is 0. The van der Waals surface area contributed by atoms with Gasteiger partial charge in [0.2, 0.25) is 0 Å². The summed E-state index contributed by atoms with van der Waals surface area (Å²) in [6.45, 7) is 1.89. The van der Waals surface area contributed by atoms with E-state index in [0.717, 1.165) is 5.56 Å². The van der Waals surface area contributed by atoms with Crippen LogP contribution < -0.4 is 0 Å². The Kier molecular flexibility index (Phi) is 5.78. The summed E-state index contributed by atoms with van der Waals surface area (Å²) in [4.78, 5) is 12.9. The molecule has 138 valence electrons. The lowest BCUT2D eigenvalue weighted by Gasteiger charge is -2.19. The highest BCUT2D eigenvalue weighted by atomic mass is 35.5. The fourth-order valence-electron chi connectivity index (χ4n) is 2.93. The van der Waals surface area contributed by atoms with Crippen molar-refractivity contribution in [1.82, 2.24) is 0 Å². The van der Waals surface area contributed by atoms with Gasteiger partial charge >= 0.3 is 0 Å². The second-order valence-electron chi connectivity index (χ2n) is 6.36. The number of carbonyl (C=O) groups excluding carboxylic acids is 1. The molecule has 0 bridgehead atoms. The second-order valence-corrected chi connectivity index (χ2v) is 8.90. The molecule has 0 aliphatic carbocycles. The molecule has 27 heavy (non-hydrogen) atoms. The van der Waals surface area contributed by atoms with Crippen molar-refractivity contribution in [3.63, 3.8) is 0 Å². The minimum Gasteiger partial charge on any atom is -0.294 e. The molecule has 0 amide bonds. The summed E-state index contributed by atoms with van der Waals surface area (Å²) < 4.78 is 26.7. The minimum atomic E-state index is -3.80. The average molecular weight is 399 g/mol. The normalized spacial score (nSPS) is 12.5. The lowest BCUT2D eigenvalue weighted by atomic mass is 10.0. The molecule has 0 saturated carbocycles. The van der Waals surface area contributed by atoms with Gasteiger partial charge in [0, 0.05) is 17.0 Å². The molecular formula is C22H19ClO3S. The quantitative estimate of drug-likeness (QED) is 0.520. The standard InChI is InChI=1S/C22H19ClO3S/c1-16-11-13-18(14-12-16)27(25,26)22(19-9-5-6-10-20(19)23)15-21(24)17-7-3-2-4-8-17/h2-14,22H,15H2,1H3/t22-/m1/s1. The number of ketones is 1. The molecule has 0 spiro atoms. The van der Waals surface area contributed by atoms with Crippen molar-refractivity contribution in [1.29, 1.82) is 0 Å². The molecule has 3 aromatic rings. The molecule has 0 radical (unpaired) electrons. The van der Waals surface area contributed by atoms with Crippen LogP contribution in [0.4, 0.5) is 0 Å². The van der Waals surface area contributed by atoms with Crippen LogP contribution in [-0.2, 0) is 9.84 Å². The van der Waals surface area contributed by atoms with Crippen LogP contribution in [0.5, 0.6) is 0 Å². The van der Waals surface area contributed by atoms with Crippen LogP contribution in [-0.4, -0.2) is 14.2 Å². The summed E-state index contributed by atoms with van der Waals surface area (Å²) in [7, 11) is -3.80. The number of benzene rings is 3. The van der Waals surface area contributed by atoms with Crippen molar-refractivity contribution < 1.29 is 13.2 Å². The largest absolute Gasteiger partial charge is 0.294 e. The molecule has 0 aliphatic rings. The van der Waals surface area contributed by atoms with Crippen molar-refractivity contribution in [3.05, 3.63) is 101 Å². The zero-order chi connectivity index (χ0) is 19.4. The van der Waals surface area contributed by atoms with Gasteiger partial charge in [0.1, 0.15) is 0 Å². The Morgan fingerprint density at radius 2 is 1.48 bits per heavy atom. The van der Waals surface area contributed by atoms with Crippen LogP contribution in [0.3, 0.4) is 0 Å². The van der Waals surface area contributed by atoms with E-state index in [9.17, 15) is 13.2 Å². The molecule has 0 aromatic heterocycles. The molecule has 0 aliphatic heterocycles. The molecule has 0 saturated heterocycles. The van der Waals surface area contributed by atoms with Crippen LogP contribution in [0.25, 0.3) is 0 Å². The van der Waals surface area contributed by atoms with Gasteiger partial charge in [-0.15, -0.1) is 0 Å². The summed E-state index contributed by atoms with van der Waals surface area (Å²) >= 11 is 6.29. The number of aryl methyl sites for hydroxylation is 1. The van der Waals surface area contributed by atoms with Crippen LogP contribution in [0.2, 0.25) is 5.02 Å². The van der Waals surface area contributed by atoms with E-state index in [4.69, 9.17) is 11.6 Å². The van der Waals surface area contributed by atoms with Gasteiger partial charge in [-0.2, -0.15) is 0 Å². The van der Waals surface area contributed by atoms with Gasteiger partial charge in [-0.05, 0) is 30.7 Å². The predicted octanol–water partition coefficient (Wildman–Crippen LogP) is 5.44. The lowest BCUT2D eigenvalue weighted by molar-refractivity contribution is 0.0981. The van der Waals surface area contributed by atoms with E-state index in [1.807, 2.05) is 13.0 Å². The molecule has 5 heteroatoms. The first-order chi connectivity index (χ1) is 12.9. The molecular weight excluding hydrogens is 380 g/mol. The Bertz CT molecular complexity index is 1040. The number of sulfone groups is 1. The zero-order valence-electron chi connectivity index (χ0n) is 14.8. The monoisotopic (exact) mass is 398 g/mol. The van der Waals surface area contributed by atoms with E-state index in [0.29, 0.717) is 16.1 Å². The minimum absolute atomic E-state index is 0.177. The Balaban J connectivity index is 2.06. The Hall–Kier alpha value is -2.43. The van der Waals surface area contributed by atoms with Gasteiger partial charge in [0.05, 0.1) is 10.1 Å². The molecule has 3 rings (SSSR count). The SMILES string of the molecule is Cc1ccc(S(=O)(=O)[C@H](CC(=O)c2ccccc2)c2ccccc2Cl)cc1. The molecule has 3 aromatic carbocycles. The zero-order valence-corrected chi connectivity index (χ0v) is 16.4. The van der Waals surface area contributed by atoms with Crippen LogP contribution in [0, 0.1) is 6.92 Å². The summed E-state index contributed by atoms with van der Waals surface area (Å²) in [6.07, 6.45) is -0.177. The van der Waals surface area contributed by atoms with Gasteiger partial charge in [0.25, 0.3) is 0 Å². The van der Waals surface area contributed by atoms with E-state index < -0.39 is 15.1 Å². The third-order valence-corrected chi connectivity index (χ3v) is 6.89. The van der Waals surface area contributed by atoms with Crippen molar-refractivity contribution in [3.8, 4) is 0 Å². The maximum atomic E-state index is 13.4. The fourth-order valence-corrected chi connectivity index (χ4v) is 5.01. The highest BCUT2D eigenvalue weighted by Gasteiger charge is 2.32. The fraction of sp³-hybridized carbons (Fsp3) is 0.136. The summed E-state index contributed by atoms with van der Waals surface area (Å²) in [5.41, 5.74) is 1.88. The maximum absolute atomic E-state index is 13.4. The molecule has 0 fully saturated rings. The van der Waals surface area contributed by atoms with Crippen LogP contribution >= 0.6 is 11.6 Å². The number of halogens is 1. The van der Waals surface area contributed by atoms with Gasteiger partial charge in [0.15, 0.2) is 15.6 Å². The van der Waals surface area contributed by atoms with Crippen LogP contribution in [0.1, 0.15) is 33.2 Å². The van der Waals surface area contributed by atoms with E-state index >= 15 is 0 Å². The third kappa shape index (κ3) is 4.29. The van der Waals surface area contributed by atoms with E-state index in [-0.39, 0.29) is 17.1 Å². The smallest absolute Gasteiger partial charge is 0.185 e. The number of rotatable bonds is 6. The Labute approximate surface area is 164 Å². The van der Waals surface area contributed by atoms with Gasteiger partial charge < -0.3 is 0 Å². The highest BCUT2D eigenvalue weighted by Crippen LogP contribution is 2.36. The lowest BCUT2D eigenvalue weighted by Crippen LogP contribution is -2.18. The van der Waals surface area contributed by atoms with Crippen molar-refractivity contribution in [2.45, 2.75) is 23.5 Å². The first-order valence-electron chi connectivity index (χ1n) is 8.53. The third-order valence-electron chi connectivity index (χ3n) is 4.44.